The van der Waals surface area contributed by atoms with Crippen LogP contribution >= 0.6 is 0 Å². The molecule has 0 saturated heterocycles. The largest absolute Gasteiger partial charge is 3.00 e. The summed E-state index contributed by atoms with van der Waals surface area (Å²) in [7, 11) is -1.80. The molecule has 1 nitrogen and oxygen atoms in total. The number of halogens is 2. The minimum Gasteiger partial charge on any atom is -1.00 e. The molecule has 5 heteroatoms. The summed E-state index contributed by atoms with van der Waals surface area (Å²) in [5.41, 5.74) is 3.86. The molecule has 0 aromatic carbocycles. The summed E-state index contributed by atoms with van der Waals surface area (Å²) in [6, 6.07) is 0. The molecule has 2 aliphatic carbocycles. The van der Waals surface area contributed by atoms with Crippen molar-refractivity contribution in [1.29, 1.82) is 0 Å². The molecule has 0 fully saturated rings. The van der Waals surface area contributed by atoms with E-state index in [1.807, 2.05) is 0 Å². The Hall–Kier alpha value is 0.431. The monoisotopic (exact) mass is 503 g/mol. The van der Waals surface area contributed by atoms with E-state index in [0.29, 0.717) is 0 Å². The van der Waals surface area contributed by atoms with Gasteiger partial charge in [-0.3, -0.25) is 6.08 Å². The van der Waals surface area contributed by atoms with Gasteiger partial charge in [0.2, 0.25) is 0 Å². The van der Waals surface area contributed by atoms with Crippen LogP contribution in [0.4, 0.5) is 0 Å². The molecule has 1 radical (unpaired) electrons. The summed E-state index contributed by atoms with van der Waals surface area (Å²) in [5, 5.41) is 0. The van der Waals surface area contributed by atoms with Crippen LogP contribution in [0.25, 0.3) is 0 Å². The Labute approximate surface area is 215 Å². The van der Waals surface area contributed by atoms with Gasteiger partial charge in [-0.25, -0.2) is 11.6 Å². The van der Waals surface area contributed by atoms with Gasteiger partial charge in [-0.2, -0.15) is 6.08 Å². The summed E-state index contributed by atoms with van der Waals surface area (Å²) in [6.45, 7) is 25.6. The molecule has 0 spiro atoms. The van der Waals surface area contributed by atoms with E-state index in [1.165, 1.54) is 16.7 Å². The molecule has 169 valence electrons. The number of hydrogen-bond acceptors (Lipinski definition) is 1. The van der Waals surface area contributed by atoms with Crippen LogP contribution in [0.2, 0.25) is 19.6 Å². The van der Waals surface area contributed by atoms with Gasteiger partial charge in [0.15, 0.2) is 8.32 Å². The molecule has 0 bridgehead atoms. The minimum absolute atomic E-state index is 0. The van der Waals surface area contributed by atoms with Crippen molar-refractivity contribution < 1.29 is 51.0 Å². The first kappa shape index (κ1) is 32.6. The molecule has 30 heavy (non-hydrogen) atoms. The molecule has 0 aromatic heterocycles. The van der Waals surface area contributed by atoms with Crippen LogP contribution in [0.3, 0.4) is 0 Å². The second-order valence-electron chi connectivity index (χ2n) is 11.8. The first-order valence-electron chi connectivity index (χ1n) is 10.4. The Bertz CT molecular complexity index is 713. The van der Waals surface area contributed by atoms with Gasteiger partial charge in [0.25, 0.3) is 0 Å². The molecule has 0 heterocycles. The Morgan fingerprint density at radius 3 is 1.83 bits per heavy atom. The standard InChI is InChI=1S/C25H41OSi.2ClH.Ti/c1-22(2,3)20-16-17-25(26-27(9,10)11,21(18-20)23(4,5)6)24(7,8)19-14-12-13-15-19;;;/h12,14,16,18H,13,17H2,1-11H3;2*1H;/q-1;;;+3/p-2. The third-order valence-electron chi connectivity index (χ3n) is 5.88. The van der Waals surface area contributed by atoms with Crippen molar-refractivity contribution in [1.82, 2.24) is 0 Å². The first-order valence-corrected chi connectivity index (χ1v) is 13.8. The van der Waals surface area contributed by atoms with Crippen molar-refractivity contribution in [2.45, 2.75) is 93.5 Å². The van der Waals surface area contributed by atoms with Gasteiger partial charge in [0.05, 0.1) is 5.60 Å². The van der Waals surface area contributed by atoms with Crippen LogP contribution in [0.5, 0.6) is 0 Å². The van der Waals surface area contributed by atoms with E-state index in [-0.39, 0.29) is 68.4 Å². The van der Waals surface area contributed by atoms with Crippen molar-refractivity contribution in [2.24, 2.45) is 16.2 Å². The summed E-state index contributed by atoms with van der Waals surface area (Å²) in [4.78, 5) is 0. The summed E-state index contributed by atoms with van der Waals surface area (Å²) < 4.78 is 7.17. The molecule has 0 N–H and O–H groups in total. The Morgan fingerprint density at radius 2 is 1.47 bits per heavy atom. The van der Waals surface area contributed by atoms with Crippen molar-refractivity contribution >= 4 is 8.32 Å². The molecule has 2 aliphatic rings. The normalized spacial score (nSPS) is 22.2. The molecule has 1 unspecified atom stereocenters. The van der Waals surface area contributed by atoms with Gasteiger partial charge in [-0.1, -0.05) is 67.5 Å². The van der Waals surface area contributed by atoms with Crippen LogP contribution in [0, 0.1) is 22.3 Å². The van der Waals surface area contributed by atoms with Crippen molar-refractivity contribution in [2.75, 3.05) is 0 Å². The predicted molar refractivity (Wildman–Crippen MR) is 121 cm³/mol. The SMILES string of the molecule is CC(C)(C)C1=CCC(O[Si](C)(C)C)(C(C)(C)C2=[C-]CC=C2)C(C(C)(C)C)=C1.[Cl-].[Cl-].[Ti+3]. The quantitative estimate of drug-likeness (QED) is 0.418. The van der Waals surface area contributed by atoms with Crippen LogP contribution in [0.15, 0.2) is 41.0 Å². The average molecular weight is 504 g/mol. The zero-order valence-electron chi connectivity index (χ0n) is 20.9. The first-order chi connectivity index (χ1) is 12.0. The topological polar surface area (TPSA) is 9.23 Å². The van der Waals surface area contributed by atoms with E-state index in [2.05, 4.69) is 105 Å². The fourth-order valence-electron chi connectivity index (χ4n) is 4.43. The average Bonchev–Trinajstić information content (AvgIpc) is 2.97. The van der Waals surface area contributed by atoms with Crippen molar-refractivity contribution in [3.05, 3.63) is 47.1 Å². The van der Waals surface area contributed by atoms with E-state index in [0.717, 1.165) is 12.8 Å². The van der Waals surface area contributed by atoms with E-state index < -0.39 is 8.32 Å². The van der Waals surface area contributed by atoms with Gasteiger partial charge >= 0.3 is 21.7 Å². The number of rotatable bonds is 4. The molecule has 0 aliphatic heterocycles. The Kier molecular flexibility index (Phi) is 11.5. The summed E-state index contributed by atoms with van der Waals surface area (Å²) in [5.74, 6) is 0. The molecule has 0 aromatic rings. The van der Waals surface area contributed by atoms with Crippen molar-refractivity contribution in [3.63, 3.8) is 0 Å². The maximum absolute atomic E-state index is 7.17. The Morgan fingerprint density at radius 1 is 0.933 bits per heavy atom. The maximum Gasteiger partial charge on any atom is 3.00 e. The van der Waals surface area contributed by atoms with Gasteiger partial charge in [-0.15, -0.1) is 6.42 Å². The molecular formula is C25H41Cl2OSiTi. The van der Waals surface area contributed by atoms with Gasteiger partial charge in [0.1, 0.15) is 0 Å². The minimum atomic E-state index is -1.80. The molecule has 2 rings (SSSR count). The smallest absolute Gasteiger partial charge is 1.00 e. The fourth-order valence-corrected chi connectivity index (χ4v) is 5.92. The van der Waals surface area contributed by atoms with Crippen LogP contribution < -0.4 is 24.8 Å². The second-order valence-corrected chi connectivity index (χ2v) is 16.2. The predicted octanol–water partition coefficient (Wildman–Crippen LogP) is 1.65. The van der Waals surface area contributed by atoms with E-state index >= 15 is 0 Å². The summed E-state index contributed by atoms with van der Waals surface area (Å²) in [6.07, 6.45) is 14.8. The zero-order chi connectivity index (χ0) is 20.9. The van der Waals surface area contributed by atoms with E-state index in [9.17, 15) is 0 Å². The fraction of sp³-hybridized carbons (Fsp3) is 0.680. The molecular weight excluding hydrogens is 463 g/mol. The third kappa shape index (κ3) is 6.72. The maximum atomic E-state index is 7.17. The van der Waals surface area contributed by atoms with Crippen LogP contribution in [-0.4, -0.2) is 13.9 Å². The molecule has 0 saturated carbocycles. The Balaban J connectivity index is 0. The third-order valence-corrected chi connectivity index (χ3v) is 6.84. The number of hydrogen-bond donors (Lipinski definition) is 0. The van der Waals surface area contributed by atoms with Crippen LogP contribution in [-0.2, 0) is 26.1 Å². The molecule has 0 amide bonds. The van der Waals surface area contributed by atoms with Crippen LogP contribution in [0.1, 0.15) is 68.2 Å². The van der Waals surface area contributed by atoms with Crippen molar-refractivity contribution in [3.8, 4) is 0 Å². The van der Waals surface area contributed by atoms with E-state index in [1.54, 1.807) is 0 Å². The summed E-state index contributed by atoms with van der Waals surface area (Å²) >= 11 is 0. The molecule has 1 atom stereocenters. The number of allylic oxidation sites excluding steroid dienone is 5. The van der Waals surface area contributed by atoms with Gasteiger partial charge in [-0.05, 0) is 53.5 Å². The second kappa shape index (κ2) is 10.6. The van der Waals surface area contributed by atoms with Gasteiger partial charge in [0, 0.05) is 0 Å². The zero-order valence-corrected chi connectivity index (χ0v) is 25.0. The van der Waals surface area contributed by atoms with E-state index in [4.69, 9.17) is 4.43 Å². The van der Waals surface area contributed by atoms with Gasteiger partial charge < -0.3 is 29.2 Å².